The smallest absolute Gasteiger partial charge is 0.161 e. The molecule has 144 valence electrons. The fourth-order valence-electron chi connectivity index (χ4n) is 3.61. The highest BCUT2D eigenvalue weighted by atomic mass is 16.6. The summed E-state index contributed by atoms with van der Waals surface area (Å²) >= 11 is 0. The fraction of sp³-hybridized carbons (Fsp3) is 0.429. The molecule has 6 nitrogen and oxygen atoms in total. The molecule has 1 N–H and O–H groups in total. The van der Waals surface area contributed by atoms with Gasteiger partial charge in [0, 0.05) is 44.5 Å². The van der Waals surface area contributed by atoms with Gasteiger partial charge in [-0.05, 0) is 29.8 Å². The van der Waals surface area contributed by atoms with Gasteiger partial charge in [0.1, 0.15) is 19.0 Å². The normalized spacial score (nSPS) is 18.2. The highest BCUT2D eigenvalue weighted by molar-refractivity contribution is 5.51. The van der Waals surface area contributed by atoms with Crippen molar-refractivity contribution in [2.75, 3.05) is 57.9 Å². The molecule has 1 saturated heterocycles. The summed E-state index contributed by atoms with van der Waals surface area (Å²) in [6.45, 7) is 5.44. The van der Waals surface area contributed by atoms with Crippen molar-refractivity contribution in [3.8, 4) is 17.2 Å². The number of hydrogen-bond acceptors (Lipinski definition) is 6. The summed E-state index contributed by atoms with van der Waals surface area (Å²) in [7, 11) is 1.69. The molecule has 0 radical (unpaired) electrons. The molecule has 2 heterocycles. The van der Waals surface area contributed by atoms with E-state index in [4.69, 9.17) is 14.2 Å². The van der Waals surface area contributed by atoms with Crippen LogP contribution < -0.4 is 19.1 Å². The molecule has 0 amide bonds. The van der Waals surface area contributed by atoms with E-state index < -0.39 is 6.10 Å². The first-order valence-corrected chi connectivity index (χ1v) is 9.42. The maximum Gasteiger partial charge on any atom is 0.161 e. The number of nitrogens with zero attached hydrogens (tertiary/aromatic N) is 2. The van der Waals surface area contributed by atoms with Gasteiger partial charge in [-0.15, -0.1) is 0 Å². The Bertz CT molecular complexity index is 775. The van der Waals surface area contributed by atoms with Crippen LogP contribution >= 0.6 is 0 Å². The third-order valence-electron chi connectivity index (χ3n) is 5.17. The quantitative estimate of drug-likeness (QED) is 0.872. The van der Waals surface area contributed by atoms with E-state index in [0.717, 1.165) is 49.0 Å². The van der Waals surface area contributed by atoms with E-state index in [1.54, 1.807) is 7.11 Å². The predicted molar refractivity (Wildman–Crippen MR) is 104 cm³/mol. The Morgan fingerprint density at radius 1 is 1.00 bits per heavy atom. The van der Waals surface area contributed by atoms with Crippen LogP contribution in [0, 0.1) is 0 Å². The minimum atomic E-state index is -0.538. The number of fused-ring (bicyclic) bond motifs is 1. The first kappa shape index (κ1) is 17.9. The minimum absolute atomic E-state index is 0.538. The number of aliphatic hydroxyl groups excluding tert-OH is 1. The van der Waals surface area contributed by atoms with Crippen molar-refractivity contribution in [1.82, 2.24) is 4.90 Å². The molecule has 0 spiro atoms. The van der Waals surface area contributed by atoms with Gasteiger partial charge in [-0.3, -0.25) is 4.90 Å². The van der Waals surface area contributed by atoms with Gasteiger partial charge in [-0.25, -0.2) is 0 Å². The maximum atomic E-state index is 10.7. The van der Waals surface area contributed by atoms with Crippen molar-refractivity contribution in [3.05, 3.63) is 48.0 Å². The molecule has 27 heavy (non-hydrogen) atoms. The van der Waals surface area contributed by atoms with Crippen molar-refractivity contribution in [3.63, 3.8) is 0 Å². The highest BCUT2D eigenvalue weighted by Crippen LogP contribution is 2.33. The molecule has 6 heteroatoms. The van der Waals surface area contributed by atoms with E-state index in [1.807, 2.05) is 30.3 Å². The first-order valence-electron chi connectivity index (χ1n) is 9.42. The monoisotopic (exact) mass is 370 g/mol. The summed E-state index contributed by atoms with van der Waals surface area (Å²) in [5.74, 6) is 2.36. The predicted octanol–water partition coefficient (Wildman–Crippen LogP) is 2.32. The molecule has 2 aromatic rings. The van der Waals surface area contributed by atoms with Crippen LogP contribution in [0.1, 0.15) is 11.7 Å². The van der Waals surface area contributed by atoms with Crippen LogP contribution in [0.2, 0.25) is 0 Å². The lowest BCUT2D eigenvalue weighted by molar-refractivity contribution is 0.108. The van der Waals surface area contributed by atoms with Crippen molar-refractivity contribution < 1.29 is 19.3 Å². The number of hydrogen-bond donors (Lipinski definition) is 1. The molecule has 2 aliphatic rings. The van der Waals surface area contributed by atoms with Gasteiger partial charge in [0.2, 0.25) is 0 Å². The zero-order chi connectivity index (χ0) is 18.6. The minimum Gasteiger partial charge on any atom is -0.497 e. The summed E-state index contributed by atoms with van der Waals surface area (Å²) in [5, 5.41) is 10.7. The lowest BCUT2D eigenvalue weighted by Gasteiger charge is -2.37. The SMILES string of the molecule is COc1cccc(N2CCN(CC(O)c3ccc4c(c3)OCCO4)CC2)c1. The third kappa shape index (κ3) is 4.12. The van der Waals surface area contributed by atoms with Crippen LogP contribution in [0.3, 0.4) is 0 Å². The lowest BCUT2D eigenvalue weighted by Crippen LogP contribution is -2.47. The van der Waals surface area contributed by atoms with Gasteiger partial charge in [0.25, 0.3) is 0 Å². The first-order chi connectivity index (χ1) is 13.2. The molecular formula is C21H26N2O4. The zero-order valence-electron chi connectivity index (χ0n) is 15.6. The van der Waals surface area contributed by atoms with Crippen molar-refractivity contribution in [2.24, 2.45) is 0 Å². The second kappa shape index (κ2) is 8.06. The summed E-state index contributed by atoms with van der Waals surface area (Å²) in [5.41, 5.74) is 2.05. The van der Waals surface area contributed by atoms with Crippen LogP contribution in [-0.4, -0.2) is 63.1 Å². The second-order valence-electron chi connectivity index (χ2n) is 6.91. The van der Waals surface area contributed by atoms with E-state index >= 15 is 0 Å². The number of β-amino-alcohol motifs (C(OH)–C–C–N with tert-alkyl or cyclic N) is 1. The van der Waals surface area contributed by atoms with Crippen molar-refractivity contribution in [2.45, 2.75) is 6.10 Å². The van der Waals surface area contributed by atoms with Gasteiger partial charge >= 0.3 is 0 Å². The number of aliphatic hydroxyl groups is 1. The Morgan fingerprint density at radius 2 is 1.78 bits per heavy atom. The molecule has 1 atom stereocenters. The van der Waals surface area contributed by atoms with Crippen molar-refractivity contribution >= 4 is 5.69 Å². The van der Waals surface area contributed by atoms with Crippen LogP contribution in [0.25, 0.3) is 0 Å². The van der Waals surface area contributed by atoms with E-state index in [0.29, 0.717) is 19.8 Å². The number of anilines is 1. The van der Waals surface area contributed by atoms with Crippen LogP contribution in [0.4, 0.5) is 5.69 Å². The van der Waals surface area contributed by atoms with E-state index in [9.17, 15) is 5.11 Å². The molecule has 2 aromatic carbocycles. The van der Waals surface area contributed by atoms with Crippen LogP contribution in [0.15, 0.2) is 42.5 Å². The largest absolute Gasteiger partial charge is 0.497 e. The maximum absolute atomic E-state index is 10.7. The molecular weight excluding hydrogens is 344 g/mol. The second-order valence-corrected chi connectivity index (χ2v) is 6.91. The molecule has 4 rings (SSSR count). The summed E-state index contributed by atoms with van der Waals surface area (Å²) in [6.07, 6.45) is -0.538. The Balaban J connectivity index is 1.33. The molecule has 0 bridgehead atoms. The summed E-state index contributed by atoms with van der Waals surface area (Å²) in [6, 6.07) is 13.9. The summed E-state index contributed by atoms with van der Waals surface area (Å²) < 4.78 is 16.5. The number of ether oxygens (including phenoxy) is 3. The zero-order valence-corrected chi connectivity index (χ0v) is 15.6. The summed E-state index contributed by atoms with van der Waals surface area (Å²) in [4.78, 5) is 4.66. The van der Waals surface area contributed by atoms with E-state index in [2.05, 4.69) is 21.9 Å². The Morgan fingerprint density at radius 3 is 2.56 bits per heavy atom. The van der Waals surface area contributed by atoms with E-state index in [-0.39, 0.29) is 0 Å². The molecule has 1 unspecified atom stereocenters. The lowest BCUT2D eigenvalue weighted by atomic mass is 10.1. The van der Waals surface area contributed by atoms with Gasteiger partial charge in [-0.1, -0.05) is 12.1 Å². The number of benzene rings is 2. The van der Waals surface area contributed by atoms with Crippen LogP contribution in [0.5, 0.6) is 17.2 Å². The number of rotatable bonds is 5. The number of piperazine rings is 1. The molecule has 2 aliphatic heterocycles. The molecule has 0 aliphatic carbocycles. The molecule has 0 aromatic heterocycles. The Kier molecular flexibility index (Phi) is 5.36. The van der Waals surface area contributed by atoms with Gasteiger partial charge in [0.05, 0.1) is 13.2 Å². The third-order valence-corrected chi connectivity index (χ3v) is 5.17. The Hall–Kier alpha value is -2.44. The average Bonchev–Trinajstić information content (AvgIpc) is 2.74. The van der Waals surface area contributed by atoms with Gasteiger partial charge < -0.3 is 24.2 Å². The van der Waals surface area contributed by atoms with Crippen molar-refractivity contribution in [1.29, 1.82) is 0 Å². The average molecular weight is 370 g/mol. The Labute approximate surface area is 159 Å². The fourth-order valence-corrected chi connectivity index (χ4v) is 3.61. The molecule has 1 fully saturated rings. The number of methoxy groups -OCH3 is 1. The highest BCUT2D eigenvalue weighted by Gasteiger charge is 2.22. The van der Waals surface area contributed by atoms with Crippen LogP contribution in [-0.2, 0) is 0 Å². The van der Waals surface area contributed by atoms with Gasteiger partial charge in [-0.2, -0.15) is 0 Å². The topological polar surface area (TPSA) is 54.4 Å². The molecule has 0 saturated carbocycles. The van der Waals surface area contributed by atoms with E-state index in [1.165, 1.54) is 5.69 Å². The standard InChI is InChI=1S/C21H26N2O4/c1-25-18-4-2-3-17(14-18)23-9-7-22(8-10-23)15-19(24)16-5-6-20-21(13-16)27-12-11-26-20/h2-6,13-14,19,24H,7-12,15H2,1H3. The van der Waals surface area contributed by atoms with Gasteiger partial charge in [0.15, 0.2) is 11.5 Å².